The summed E-state index contributed by atoms with van der Waals surface area (Å²) in [5, 5.41) is 2.47. The zero-order chi connectivity index (χ0) is 15.3. The second-order valence-corrected chi connectivity index (χ2v) is 4.91. The lowest BCUT2D eigenvalue weighted by molar-refractivity contribution is -0.117. The summed E-state index contributed by atoms with van der Waals surface area (Å²) in [7, 11) is 2.85. The molecule has 0 aliphatic heterocycles. The van der Waals surface area contributed by atoms with E-state index < -0.39 is 17.8 Å². The Kier molecular flexibility index (Phi) is 8.06. The summed E-state index contributed by atoms with van der Waals surface area (Å²) in [6.07, 6.45) is 0.529. The minimum Gasteiger partial charge on any atom is -0.493 e. The first-order valence-electron chi connectivity index (χ1n) is 6.37. The van der Waals surface area contributed by atoms with E-state index in [1.54, 1.807) is 0 Å². The highest BCUT2D eigenvalue weighted by Gasteiger charge is 2.18. The summed E-state index contributed by atoms with van der Waals surface area (Å²) in [4.78, 5) is 11.9. The van der Waals surface area contributed by atoms with E-state index in [0.717, 1.165) is 6.07 Å². The molecule has 1 aromatic rings. The number of nitrogens with one attached hydrogen (secondary N) is 1. The van der Waals surface area contributed by atoms with Gasteiger partial charge in [-0.1, -0.05) is 13.8 Å². The minimum atomic E-state index is -0.678. The molecule has 0 radical (unpaired) electrons. The number of hydrogen-bond donors (Lipinski definition) is 2. The average molecular weight is 321 g/mol. The monoisotopic (exact) mass is 320 g/mol. The number of hydrogen-bond acceptors (Lipinski definition) is 4. The van der Waals surface area contributed by atoms with Gasteiger partial charge < -0.3 is 20.5 Å². The van der Waals surface area contributed by atoms with Crippen molar-refractivity contribution in [3.8, 4) is 11.5 Å². The number of benzene rings is 1. The molecule has 0 aromatic heterocycles. The van der Waals surface area contributed by atoms with Crippen LogP contribution in [0.5, 0.6) is 11.5 Å². The summed E-state index contributed by atoms with van der Waals surface area (Å²) >= 11 is 0. The van der Waals surface area contributed by atoms with Crippen molar-refractivity contribution >= 4 is 24.0 Å². The van der Waals surface area contributed by atoms with E-state index in [-0.39, 0.29) is 29.8 Å². The van der Waals surface area contributed by atoms with Crippen LogP contribution >= 0.6 is 12.4 Å². The predicted octanol–water partition coefficient (Wildman–Crippen LogP) is 2.58. The number of amides is 1. The number of ether oxygens (including phenoxy) is 2. The number of rotatable bonds is 6. The molecule has 0 unspecified atom stereocenters. The average Bonchev–Trinajstić information content (AvgIpc) is 2.39. The van der Waals surface area contributed by atoms with Gasteiger partial charge in [0.25, 0.3) is 0 Å². The predicted molar refractivity (Wildman–Crippen MR) is 82.8 cm³/mol. The number of halogens is 2. The summed E-state index contributed by atoms with van der Waals surface area (Å²) in [6, 6.07) is 1.85. The van der Waals surface area contributed by atoms with Gasteiger partial charge in [0.05, 0.1) is 25.9 Å². The molecule has 0 aliphatic carbocycles. The maximum absolute atomic E-state index is 13.8. The zero-order valence-corrected chi connectivity index (χ0v) is 13.4. The Hall–Kier alpha value is -1.53. The van der Waals surface area contributed by atoms with Crippen molar-refractivity contribution < 1.29 is 18.7 Å². The molecule has 0 saturated carbocycles. The molecule has 1 atom stereocenters. The van der Waals surface area contributed by atoms with Crippen LogP contribution in [-0.2, 0) is 4.79 Å². The van der Waals surface area contributed by atoms with E-state index in [0.29, 0.717) is 12.2 Å². The highest BCUT2D eigenvalue weighted by Crippen LogP contribution is 2.32. The molecule has 5 nitrogen and oxygen atoms in total. The molecule has 0 bridgehead atoms. The van der Waals surface area contributed by atoms with E-state index >= 15 is 0 Å². The number of carbonyl (C=O) groups is 1. The molecule has 1 aromatic carbocycles. The van der Waals surface area contributed by atoms with E-state index in [9.17, 15) is 9.18 Å². The van der Waals surface area contributed by atoms with Gasteiger partial charge in [0.2, 0.25) is 5.91 Å². The third kappa shape index (κ3) is 5.40. The van der Waals surface area contributed by atoms with Crippen LogP contribution in [0.25, 0.3) is 0 Å². The number of anilines is 1. The van der Waals surface area contributed by atoms with Crippen LogP contribution in [0, 0.1) is 11.7 Å². The smallest absolute Gasteiger partial charge is 0.241 e. The number of carbonyl (C=O) groups excluding carboxylic acids is 1. The van der Waals surface area contributed by atoms with Crippen LogP contribution in [0.15, 0.2) is 12.1 Å². The lowest BCUT2D eigenvalue weighted by atomic mass is 10.0. The lowest BCUT2D eigenvalue weighted by Crippen LogP contribution is -2.36. The zero-order valence-electron chi connectivity index (χ0n) is 12.6. The standard InChI is InChI=1S/C14H21FN2O3.ClH/c1-8(2)5-10(16)14(18)17-11-7-13(20-4)12(19-3)6-9(11)15;/h6-8,10H,5,16H2,1-4H3,(H,17,18);1H/t10-;/m0./s1. The van der Waals surface area contributed by atoms with Crippen LogP contribution < -0.4 is 20.5 Å². The van der Waals surface area contributed by atoms with E-state index in [4.69, 9.17) is 15.2 Å². The molecule has 0 fully saturated rings. The van der Waals surface area contributed by atoms with Crippen LogP contribution in [0.4, 0.5) is 10.1 Å². The normalized spacial score (nSPS) is 11.6. The first-order valence-corrected chi connectivity index (χ1v) is 6.37. The fourth-order valence-corrected chi connectivity index (χ4v) is 1.79. The Morgan fingerprint density at radius 1 is 1.29 bits per heavy atom. The molecule has 120 valence electrons. The molecule has 0 heterocycles. The van der Waals surface area contributed by atoms with Crippen LogP contribution in [0.1, 0.15) is 20.3 Å². The van der Waals surface area contributed by atoms with Crippen molar-refractivity contribution in [2.24, 2.45) is 11.7 Å². The third-order valence-corrected chi connectivity index (χ3v) is 2.79. The van der Waals surface area contributed by atoms with Crippen molar-refractivity contribution in [3.63, 3.8) is 0 Å². The fraction of sp³-hybridized carbons (Fsp3) is 0.500. The highest BCUT2D eigenvalue weighted by molar-refractivity contribution is 5.95. The van der Waals surface area contributed by atoms with Gasteiger partial charge in [0.15, 0.2) is 17.3 Å². The summed E-state index contributed by atoms with van der Waals surface area (Å²) in [5.74, 6) is -0.153. The lowest BCUT2D eigenvalue weighted by Gasteiger charge is -2.16. The molecule has 1 rings (SSSR count). The molecular weight excluding hydrogens is 299 g/mol. The molecular formula is C14H22ClFN2O3. The largest absolute Gasteiger partial charge is 0.493 e. The van der Waals surface area contributed by atoms with Gasteiger partial charge in [-0.25, -0.2) is 4.39 Å². The topological polar surface area (TPSA) is 73.6 Å². The fourth-order valence-electron chi connectivity index (χ4n) is 1.79. The van der Waals surface area contributed by atoms with Gasteiger partial charge >= 0.3 is 0 Å². The summed E-state index contributed by atoms with van der Waals surface area (Å²) in [5.41, 5.74) is 5.77. The number of methoxy groups -OCH3 is 2. The maximum atomic E-state index is 13.8. The molecule has 0 saturated heterocycles. The first kappa shape index (κ1) is 19.5. The Bertz CT molecular complexity index is 484. The molecule has 1 amide bonds. The van der Waals surface area contributed by atoms with Crippen molar-refractivity contribution in [1.82, 2.24) is 0 Å². The maximum Gasteiger partial charge on any atom is 0.241 e. The molecule has 7 heteroatoms. The van der Waals surface area contributed by atoms with Gasteiger partial charge in [-0.05, 0) is 12.3 Å². The van der Waals surface area contributed by atoms with Gasteiger partial charge in [-0.15, -0.1) is 12.4 Å². The van der Waals surface area contributed by atoms with E-state index in [2.05, 4.69) is 5.32 Å². The van der Waals surface area contributed by atoms with Gasteiger partial charge in [0.1, 0.15) is 0 Å². The quantitative estimate of drug-likeness (QED) is 0.845. The van der Waals surface area contributed by atoms with Crippen molar-refractivity contribution in [2.45, 2.75) is 26.3 Å². The molecule has 3 N–H and O–H groups in total. The number of nitrogens with two attached hydrogens (primary N) is 1. The van der Waals surface area contributed by atoms with Gasteiger partial charge in [0, 0.05) is 12.1 Å². The first-order chi connectivity index (χ1) is 9.38. The van der Waals surface area contributed by atoms with Gasteiger partial charge in [-0.3, -0.25) is 4.79 Å². The Morgan fingerprint density at radius 2 is 1.81 bits per heavy atom. The Morgan fingerprint density at radius 3 is 2.29 bits per heavy atom. The molecule has 0 spiro atoms. The SMILES string of the molecule is COc1cc(F)c(NC(=O)[C@@H](N)CC(C)C)cc1OC.Cl. The second kappa shape index (κ2) is 8.69. The molecule has 0 aliphatic rings. The van der Waals surface area contributed by atoms with Crippen LogP contribution in [0.2, 0.25) is 0 Å². The van der Waals surface area contributed by atoms with E-state index in [1.165, 1.54) is 20.3 Å². The van der Waals surface area contributed by atoms with Crippen molar-refractivity contribution in [1.29, 1.82) is 0 Å². The summed E-state index contributed by atoms with van der Waals surface area (Å²) < 4.78 is 23.9. The van der Waals surface area contributed by atoms with Crippen molar-refractivity contribution in [3.05, 3.63) is 17.9 Å². The second-order valence-electron chi connectivity index (χ2n) is 4.91. The van der Waals surface area contributed by atoms with Crippen LogP contribution in [-0.4, -0.2) is 26.2 Å². The van der Waals surface area contributed by atoms with Crippen molar-refractivity contribution in [2.75, 3.05) is 19.5 Å². The third-order valence-electron chi connectivity index (χ3n) is 2.79. The Balaban J connectivity index is 0.00000400. The van der Waals surface area contributed by atoms with E-state index in [1.807, 2.05) is 13.8 Å². The molecule has 21 heavy (non-hydrogen) atoms. The van der Waals surface area contributed by atoms with Gasteiger partial charge in [-0.2, -0.15) is 0 Å². The van der Waals surface area contributed by atoms with Crippen LogP contribution in [0.3, 0.4) is 0 Å². The highest BCUT2D eigenvalue weighted by atomic mass is 35.5. The Labute approximate surface area is 130 Å². The minimum absolute atomic E-state index is 0. The summed E-state index contributed by atoms with van der Waals surface area (Å²) in [6.45, 7) is 3.92.